The molecular formula is C43H44ClFN8O4S2. The Balaban J connectivity index is 1.02. The Bertz CT molecular complexity index is 2480. The van der Waals surface area contributed by atoms with Gasteiger partial charge in [-0.15, -0.1) is 11.8 Å². The third-order valence-corrected chi connectivity index (χ3v) is 12.9. The Kier molecular flexibility index (Phi) is 13.9. The number of rotatable bonds is 18. The Labute approximate surface area is 352 Å². The van der Waals surface area contributed by atoms with Gasteiger partial charge in [-0.1, -0.05) is 66.2 Å². The van der Waals surface area contributed by atoms with Crippen molar-refractivity contribution in [2.75, 3.05) is 66.6 Å². The van der Waals surface area contributed by atoms with Crippen LogP contribution in [-0.2, 0) is 16.6 Å². The van der Waals surface area contributed by atoms with Gasteiger partial charge in [0.2, 0.25) is 0 Å². The van der Waals surface area contributed by atoms with Crippen molar-refractivity contribution in [2.45, 2.75) is 28.8 Å². The highest BCUT2D eigenvalue weighted by atomic mass is 35.5. The Morgan fingerprint density at radius 1 is 0.881 bits per heavy atom. The van der Waals surface area contributed by atoms with Crippen LogP contribution in [-0.4, -0.2) is 85.9 Å². The Morgan fingerprint density at radius 2 is 1.64 bits per heavy atom. The summed E-state index contributed by atoms with van der Waals surface area (Å²) < 4.78 is 42.7. The minimum Gasteiger partial charge on any atom is -0.376 e. The van der Waals surface area contributed by atoms with Crippen molar-refractivity contribution in [3.63, 3.8) is 0 Å². The quantitative estimate of drug-likeness (QED) is 0.0331. The molecule has 1 aliphatic heterocycles. The number of thioether (sulfide) groups is 1. The molecule has 0 spiro atoms. The van der Waals surface area contributed by atoms with Gasteiger partial charge in [-0.3, -0.25) is 19.7 Å². The minimum atomic E-state index is -4.30. The average Bonchev–Trinajstić information content (AvgIpc) is 3.25. The van der Waals surface area contributed by atoms with Gasteiger partial charge in [0.1, 0.15) is 18.7 Å². The number of nitrogens with one attached hydrogen (secondary N) is 3. The molecule has 7 rings (SSSR count). The number of hydrogen-bond donors (Lipinski definition) is 3. The van der Waals surface area contributed by atoms with Crippen LogP contribution in [0.4, 0.5) is 27.3 Å². The summed E-state index contributed by atoms with van der Waals surface area (Å²) in [5.41, 5.74) is 4.88. The van der Waals surface area contributed by atoms with Crippen LogP contribution in [0.2, 0.25) is 5.02 Å². The number of aromatic nitrogens is 2. The molecule has 0 amide bonds. The molecule has 0 saturated carbocycles. The van der Waals surface area contributed by atoms with E-state index in [9.17, 15) is 22.9 Å². The second-order valence-electron chi connectivity index (χ2n) is 14.1. The first-order valence-corrected chi connectivity index (χ1v) is 22.1. The van der Waals surface area contributed by atoms with E-state index < -0.39 is 21.6 Å². The first kappa shape index (κ1) is 41.8. The maximum absolute atomic E-state index is 13.7. The molecule has 59 heavy (non-hydrogen) atoms. The molecule has 0 aliphatic carbocycles. The summed E-state index contributed by atoms with van der Waals surface area (Å²) in [5, 5.41) is 19.8. The standard InChI is InChI=1S/C43H44ClFN8O4S2/c44-33-12-10-31(11-13-33)38-9-5-4-6-32(38)28-51-22-24-52(25-23-51)35-14-16-39-41(26-35)47-30-48-43(39)50-59(56,57)37-15-17-40(42(27-37)53(54)55)49-34(18-20-46-21-19-45)29-58-36-7-2-1-3-8-36/h1-17,26-27,30,34,46,49H,18-25,28-29H2,(H,47,48,50)/t34-/m1/s1. The number of nitro benzene ring substituents is 1. The number of benzene rings is 5. The summed E-state index contributed by atoms with van der Waals surface area (Å²) in [7, 11) is -4.30. The fourth-order valence-corrected chi connectivity index (χ4v) is 9.20. The van der Waals surface area contributed by atoms with E-state index in [1.54, 1.807) is 17.8 Å². The number of halogens is 2. The molecule has 1 fully saturated rings. The zero-order valence-corrected chi connectivity index (χ0v) is 34.5. The van der Waals surface area contributed by atoms with E-state index in [0.29, 0.717) is 34.6 Å². The highest BCUT2D eigenvalue weighted by Gasteiger charge is 2.25. The van der Waals surface area contributed by atoms with E-state index in [0.717, 1.165) is 54.9 Å². The van der Waals surface area contributed by atoms with Gasteiger partial charge >= 0.3 is 0 Å². The Hall–Kier alpha value is -5.32. The smallest absolute Gasteiger partial charge is 0.293 e. The average molecular weight is 855 g/mol. The van der Waals surface area contributed by atoms with Crippen LogP contribution in [0.25, 0.3) is 22.0 Å². The lowest BCUT2D eigenvalue weighted by Crippen LogP contribution is -2.46. The molecular weight excluding hydrogens is 811 g/mol. The first-order chi connectivity index (χ1) is 28.7. The van der Waals surface area contributed by atoms with Gasteiger partial charge in [-0.25, -0.2) is 22.8 Å². The van der Waals surface area contributed by atoms with Crippen molar-refractivity contribution >= 4 is 67.2 Å². The van der Waals surface area contributed by atoms with Crippen molar-refractivity contribution < 1.29 is 17.7 Å². The molecule has 306 valence electrons. The van der Waals surface area contributed by atoms with Crippen LogP contribution >= 0.6 is 23.4 Å². The molecule has 2 heterocycles. The van der Waals surface area contributed by atoms with Gasteiger partial charge in [0.25, 0.3) is 15.7 Å². The fraction of sp³-hybridized carbons (Fsp3) is 0.256. The van der Waals surface area contributed by atoms with E-state index in [1.807, 2.05) is 66.7 Å². The van der Waals surface area contributed by atoms with Crippen LogP contribution in [0.1, 0.15) is 12.0 Å². The van der Waals surface area contributed by atoms with Crippen LogP contribution in [0.5, 0.6) is 0 Å². The van der Waals surface area contributed by atoms with E-state index >= 15 is 0 Å². The van der Waals surface area contributed by atoms with Gasteiger partial charge in [0, 0.05) is 78.1 Å². The number of fused-ring (bicyclic) bond motifs is 1. The second kappa shape index (κ2) is 19.6. The minimum absolute atomic E-state index is 0.0642. The van der Waals surface area contributed by atoms with E-state index in [-0.39, 0.29) is 34.7 Å². The summed E-state index contributed by atoms with van der Waals surface area (Å²) >= 11 is 7.72. The topological polar surface area (TPSA) is 146 Å². The predicted molar refractivity (Wildman–Crippen MR) is 236 cm³/mol. The fourth-order valence-electron chi connectivity index (χ4n) is 7.03. The molecule has 6 aromatic rings. The van der Waals surface area contributed by atoms with Crippen molar-refractivity contribution in [3.05, 3.63) is 142 Å². The normalized spacial score (nSPS) is 14.0. The summed E-state index contributed by atoms with van der Waals surface area (Å²) in [6.45, 7) is 4.33. The van der Waals surface area contributed by atoms with Gasteiger partial charge in [-0.05, 0) is 84.3 Å². The summed E-state index contributed by atoms with van der Waals surface area (Å²) in [6.07, 6.45) is 1.85. The van der Waals surface area contributed by atoms with Gasteiger partial charge in [0.05, 0.1) is 15.3 Å². The number of anilines is 3. The largest absolute Gasteiger partial charge is 0.376 e. The highest BCUT2D eigenvalue weighted by Crippen LogP contribution is 2.33. The van der Waals surface area contributed by atoms with E-state index in [4.69, 9.17) is 11.6 Å². The maximum Gasteiger partial charge on any atom is 0.293 e. The molecule has 0 unspecified atom stereocenters. The molecule has 1 saturated heterocycles. The third-order valence-electron chi connectivity index (χ3n) is 10.1. The van der Waals surface area contributed by atoms with Crippen molar-refractivity contribution in [1.29, 1.82) is 0 Å². The van der Waals surface area contributed by atoms with Gasteiger partial charge in [-0.2, -0.15) is 0 Å². The summed E-state index contributed by atoms with van der Waals surface area (Å²) in [6, 6.07) is 35.3. The van der Waals surface area contributed by atoms with Crippen LogP contribution in [0.3, 0.4) is 0 Å². The molecule has 0 bridgehead atoms. The van der Waals surface area contributed by atoms with Crippen LogP contribution in [0.15, 0.2) is 131 Å². The molecule has 12 nitrogen and oxygen atoms in total. The monoisotopic (exact) mass is 854 g/mol. The van der Waals surface area contributed by atoms with Crippen molar-refractivity contribution in [3.8, 4) is 11.1 Å². The number of sulfonamides is 1. The van der Waals surface area contributed by atoms with Crippen LogP contribution < -0.4 is 20.3 Å². The van der Waals surface area contributed by atoms with Crippen molar-refractivity contribution in [1.82, 2.24) is 20.2 Å². The second-order valence-corrected chi connectivity index (χ2v) is 17.3. The summed E-state index contributed by atoms with van der Waals surface area (Å²) in [5.74, 6) is 0.633. The summed E-state index contributed by atoms with van der Waals surface area (Å²) in [4.78, 5) is 25.8. The zero-order chi connectivity index (χ0) is 41.2. The first-order valence-electron chi connectivity index (χ1n) is 19.2. The predicted octanol–water partition coefficient (Wildman–Crippen LogP) is 8.50. The van der Waals surface area contributed by atoms with E-state index in [1.165, 1.54) is 29.6 Å². The lowest BCUT2D eigenvalue weighted by molar-refractivity contribution is -0.384. The Morgan fingerprint density at radius 3 is 2.41 bits per heavy atom. The highest BCUT2D eigenvalue weighted by molar-refractivity contribution is 7.99. The molecule has 1 aliphatic rings. The number of nitro groups is 1. The van der Waals surface area contributed by atoms with Gasteiger partial charge in [0.15, 0.2) is 5.82 Å². The zero-order valence-electron chi connectivity index (χ0n) is 32.1. The third kappa shape index (κ3) is 10.8. The van der Waals surface area contributed by atoms with Gasteiger partial charge < -0.3 is 15.5 Å². The molecule has 5 aromatic carbocycles. The SMILES string of the molecule is O=[N+]([O-])c1cc(S(=O)(=O)Nc2ncnc3cc(N4CCN(Cc5ccccc5-c5ccc(Cl)cc5)CC4)ccc23)ccc1N[C@H](CCNCCF)CSc1ccccc1. The molecule has 1 aromatic heterocycles. The lowest BCUT2D eigenvalue weighted by Gasteiger charge is -2.36. The molecule has 1 atom stereocenters. The van der Waals surface area contributed by atoms with Crippen molar-refractivity contribution in [2.24, 2.45) is 0 Å². The maximum atomic E-state index is 13.7. The number of piperazine rings is 1. The molecule has 3 N–H and O–H groups in total. The molecule has 0 radical (unpaired) electrons. The van der Waals surface area contributed by atoms with Crippen LogP contribution in [0, 0.1) is 10.1 Å². The number of hydrogen-bond acceptors (Lipinski definition) is 11. The molecule has 16 heteroatoms. The lowest BCUT2D eigenvalue weighted by atomic mass is 9.99. The van der Waals surface area contributed by atoms with E-state index in [2.05, 4.69) is 59.4 Å². The number of alkyl halides is 1. The number of nitrogens with zero attached hydrogens (tertiary/aromatic N) is 5.